The summed E-state index contributed by atoms with van der Waals surface area (Å²) < 4.78 is 0. The van der Waals surface area contributed by atoms with E-state index in [9.17, 15) is 0 Å². The molecular formula is C27H88O3Si9. The van der Waals surface area contributed by atoms with Crippen LogP contribution in [0.15, 0.2) is 0 Å². The Morgan fingerprint density at radius 3 is 0.795 bits per heavy atom. The molecule has 0 radical (unpaired) electrons. The molecule has 0 unspecified atom stereocenters. The van der Waals surface area contributed by atoms with Gasteiger partial charge in [-0.15, -0.1) is 0 Å². The summed E-state index contributed by atoms with van der Waals surface area (Å²) in [5, 5.41) is 0.576. The Kier molecular flexibility index (Phi) is 52.9. The average molecular weight is 714 g/mol. The predicted molar refractivity (Wildman–Crippen MR) is 225 cm³/mol. The van der Waals surface area contributed by atoms with E-state index in [0.29, 0.717) is 39.0 Å². The first-order valence-electron chi connectivity index (χ1n) is 16.0. The molecule has 0 atom stereocenters. The van der Waals surface area contributed by atoms with Gasteiger partial charge in [0.15, 0.2) is 0 Å². The summed E-state index contributed by atoms with van der Waals surface area (Å²) in [5.41, 5.74) is 7.31. The maximum Gasteiger partial charge on any atom is 0.0418 e. The van der Waals surface area contributed by atoms with Gasteiger partial charge < -0.3 is 16.4 Å². The molecular weight excluding hydrogens is 625 g/mol. The molecule has 3 nitrogen and oxygen atoms in total. The Balaban J connectivity index is -0.0000000565. The van der Waals surface area contributed by atoms with E-state index in [1.807, 2.05) is 0 Å². The molecule has 0 aliphatic rings. The number of hydrogen-bond acceptors (Lipinski definition) is 0. The Labute approximate surface area is 268 Å². The van der Waals surface area contributed by atoms with Crippen molar-refractivity contribution in [3.63, 3.8) is 0 Å². The van der Waals surface area contributed by atoms with Crippen molar-refractivity contribution in [1.82, 2.24) is 0 Å². The highest BCUT2D eigenvalue weighted by Crippen LogP contribution is 2.46. The zero-order valence-corrected chi connectivity index (χ0v) is 42.9. The second-order valence-electron chi connectivity index (χ2n) is 15.3. The smallest absolute Gasteiger partial charge is 0.0418 e. The van der Waals surface area contributed by atoms with Crippen LogP contribution >= 0.6 is 0 Å². The second kappa shape index (κ2) is 34.3. The van der Waals surface area contributed by atoms with Gasteiger partial charge in [-0.25, -0.2) is 0 Å². The van der Waals surface area contributed by atoms with Gasteiger partial charge >= 0.3 is 0 Å². The number of rotatable bonds is 9. The lowest BCUT2D eigenvalue weighted by Gasteiger charge is -2.41. The largest absolute Gasteiger partial charge is 0.412 e. The molecule has 0 fully saturated rings. The molecule has 39 heavy (non-hydrogen) atoms. The maximum absolute atomic E-state index is 2.72. The third-order valence-corrected chi connectivity index (χ3v) is 39.3. The van der Waals surface area contributed by atoms with Crippen molar-refractivity contribution in [3.8, 4) is 0 Å². The van der Waals surface area contributed by atoms with Gasteiger partial charge in [-0.3, -0.25) is 0 Å². The zero-order chi connectivity index (χ0) is 30.3. The fraction of sp³-hybridized carbons (Fsp3) is 1.00. The predicted octanol–water partition coefficient (Wildman–Crippen LogP) is 5.12. The van der Waals surface area contributed by atoms with Gasteiger partial charge in [0.2, 0.25) is 0 Å². The fourth-order valence-corrected chi connectivity index (χ4v) is 41.2. The summed E-state index contributed by atoms with van der Waals surface area (Å²) >= 11 is 0. The van der Waals surface area contributed by atoms with E-state index in [0.717, 1.165) is 0 Å². The van der Waals surface area contributed by atoms with Gasteiger partial charge in [0, 0.05) is 80.6 Å². The van der Waals surface area contributed by atoms with Crippen molar-refractivity contribution in [2.75, 3.05) is 0 Å². The lowest BCUT2D eigenvalue weighted by molar-refractivity contribution is 0.295. The molecule has 0 aliphatic carbocycles. The summed E-state index contributed by atoms with van der Waals surface area (Å²) in [6.07, 6.45) is 0. The van der Waals surface area contributed by atoms with Gasteiger partial charge in [-0.1, -0.05) is 162 Å². The lowest BCUT2D eigenvalue weighted by atomic mass is 9.82. The molecule has 0 aromatic carbocycles. The van der Waals surface area contributed by atoms with Gasteiger partial charge in [0.05, 0.1) is 0 Å². The minimum Gasteiger partial charge on any atom is -0.412 e. The van der Waals surface area contributed by atoms with E-state index in [1.165, 1.54) is 0 Å². The van der Waals surface area contributed by atoms with Crippen LogP contribution in [0.25, 0.3) is 0 Å². The van der Waals surface area contributed by atoms with E-state index in [2.05, 4.69) is 139 Å². The van der Waals surface area contributed by atoms with Gasteiger partial charge in [-0.05, 0) is 10.5 Å². The van der Waals surface area contributed by atoms with Crippen LogP contribution in [0.2, 0.25) is 132 Å². The van der Waals surface area contributed by atoms with Crippen LogP contribution in [-0.2, 0) is 0 Å². The molecule has 0 rings (SSSR count). The molecule has 0 aliphatic heterocycles. The summed E-state index contributed by atoms with van der Waals surface area (Å²) in [6, 6.07) is 0. The third kappa shape index (κ3) is 47.0. The van der Waals surface area contributed by atoms with Gasteiger partial charge in [0.1, 0.15) is 0 Å². The quantitative estimate of drug-likeness (QED) is 0.297. The normalized spacial score (nSPS) is 11.2. The first-order chi connectivity index (χ1) is 16.0. The molecule has 0 heterocycles. The minimum absolute atomic E-state index is 0. The SMILES string of the molecule is C[SiH2]C.C[SiH2]C.C[SiH2]C[SiH](C)C.C[SiH](C)C(C)(C)C(C)(C)C.C[SiH](C)C[Si](C)(C[SiH](C)C)C[SiH](C)C.O.O.O. The van der Waals surface area contributed by atoms with Crippen LogP contribution in [-0.4, -0.2) is 97.0 Å². The van der Waals surface area contributed by atoms with Crippen molar-refractivity contribution in [3.05, 3.63) is 0 Å². The highest BCUT2D eigenvalue weighted by atomic mass is 28.4. The third-order valence-electron chi connectivity index (χ3n) is 6.95. The molecule has 0 aromatic rings. The molecule has 0 saturated carbocycles. The highest BCUT2D eigenvalue weighted by molar-refractivity contribution is 6.99. The van der Waals surface area contributed by atoms with E-state index in [4.69, 9.17) is 0 Å². The molecule has 0 amide bonds. The summed E-state index contributed by atoms with van der Waals surface area (Å²) in [6.45, 7) is 51.1. The van der Waals surface area contributed by atoms with Crippen molar-refractivity contribution in [1.29, 1.82) is 0 Å². The van der Waals surface area contributed by atoms with Crippen LogP contribution in [0.1, 0.15) is 34.6 Å². The Bertz CT molecular complexity index is 416. The van der Waals surface area contributed by atoms with E-state index >= 15 is 0 Å². The van der Waals surface area contributed by atoms with Gasteiger partial charge in [-0.2, -0.15) is 0 Å². The zero-order valence-electron chi connectivity index (χ0n) is 31.8. The molecule has 0 spiro atoms. The van der Waals surface area contributed by atoms with Crippen molar-refractivity contribution < 1.29 is 16.4 Å². The standard InChI is InChI=1S/C10H30Si4.C9H22Si.C4H14Si2.2C2H8Si.3H2O/c1-11(2)8-14(7,9-12(3)4)10-13(5)6;1-8(2,3)9(4,5)10(6)7;1-5-4-6(2)3;2*1-3-2;;;/h11-13H,8-10H2,1-7H3;10H,1-7H3;6H,4-5H2,1-3H3;2*3H2,1-2H3;3*1H2. The van der Waals surface area contributed by atoms with Crippen LogP contribution in [0.3, 0.4) is 0 Å². The Morgan fingerprint density at radius 2 is 0.744 bits per heavy atom. The van der Waals surface area contributed by atoms with Crippen molar-refractivity contribution in [2.24, 2.45) is 5.41 Å². The van der Waals surface area contributed by atoms with Crippen molar-refractivity contribution >= 4 is 80.6 Å². The maximum atomic E-state index is 2.72. The summed E-state index contributed by atoms with van der Waals surface area (Å²) in [5.74, 6) is 0. The van der Waals surface area contributed by atoms with E-state index in [-0.39, 0.29) is 51.6 Å². The number of hydrogen-bond donors (Lipinski definition) is 0. The molecule has 0 aromatic heterocycles. The molecule has 0 saturated heterocycles. The van der Waals surface area contributed by atoms with Crippen LogP contribution in [0, 0.1) is 5.41 Å². The Morgan fingerprint density at radius 1 is 0.513 bits per heavy atom. The van der Waals surface area contributed by atoms with Crippen LogP contribution < -0.4 is 0 Å². The topological polar surface area (TPSA) is 94.5 Å². The van der Waals surface area contributed by atoms with Crippen LogP contribution in [0.4, 0.5) is 0 Å². The monoisotopic (exact) mass is 712 g/mol. The molecule has 0 bridgehead atoms. The van der Waals surface area contributed by atoms with Crippen molar-refractivity contribution in [2.45, 2.75) is 167 Å². The first kappa shape index (κ1) is 60.1. The van der Waals surface area contributed by atoms with E-state index in [1.54, 1.807) is 22.7 Å². The fourth-order valence-electron chi connectivity index (χ4n) is 4.65. The lowest BCUT2D eigenvalue weighted by Crippen LogP contribution is -2.40. The second-order valence-corrected chi connectivity index (χ2v) is 44.9. The van der Waals surface area contributed by atoms with Crippen LogP contribution in [0.5, 0.6) is 0 Å². The Hall–Kier alpha value is 1.83. The molecule has 12 heteroatoms. The van der Waals surface area contributed by atoms with Gasteiger partial charge in [0.25, 0.3) is 0 Å². The molecule has 250 valence electrons. The summed E-state index contributed by atoms with van der Waals surface area (Å²) in [4.78, 5) is 0. The highest BCUT2D eigenvalue weighted by Gasteiger charge is 2.35. The summed E-state index contributed by atoms with van der Waals surface area (Å²) in [7, 11) is -1.03. The first-order valence-corrected chi connectivity index (χ1v) is 42.6. The van der Waals surface area contributed by atoms with E-state index < -0.39 is 16.9 Å². The average Bonchev–Trinajstić information content (AvgIpc) is 2.60. The molecule has 6 N–H and O–H groups in total. The minimum atomic E-state index is -0.753.